The van der Waals surface area contributed by atoms with Gasteiger partial charge in [0.15, 0.2) is 23.0 Å². The van der Waals surface area contributed by atoms with Gasteiger partial charge in [-0.25, -0.2) is 0 Å². The van der Waals surface area contributed by atoms with Gasteiger partial charge in [-0.1, -0.05) is 12.1 Å². The molecule has 0 radical (unpaired) electrons. The Kier molecular flexibility index (Phi) is 11.6. The molecule has 2 heterocycles. The van der Waals surface area contributed by atoms with Crippen molar-refractivity contribution in [1.29, 1.82) is 10.8 Å². The molecule has 0 spiro atoms. The van der Waals surface area contributed by atoms with E-state index in [1.807, 2.05) is 0 Å². The Morgan fingerprint density at radius 1 is 0.679 bits per heavy atom. The molecule has 0 bridgehead atoms. The normalized spacial score (nSPS) is 12.0. The zero-order valence-corrected chi connectivity index (χ0v) is 22.0. The van der Waals surface area contributed by atoms with E-state index in [0.717, 1.165) is 11.1 Å². The second-order valence-electron chi connectivity index (χ2n) is 5.58. The maximum atomic E-state index is 10.5. The first-order chi connectivity index (χ1) is 12.5. The van der Waals surface area contributed by atoms with Crippen molar-refractivity contribution in [3.63, 3.8) is 0 Å². The summed E-state index contributed by atoms with van der Waals surface area (Å²) >= 11 is 0. The average molecular weight is 435 g/mol. The molecule has 2 N–H and O–H groups in total. The summed E-state index contributed by atoms with van der Waals surface area (Å²) in [7, 11) is 0. The van der Waals surface area contributed by atoms with E-state index in [-0.39, 0.29) is 129 Å². The summed E-state index contributed by atoms with van der Waals surface area (Å²) in [6.45, 7) is 0.460. The van der Waals surface area contributed by atoms with Gasteiger partial charge in [0.05, 0.1) is 0 Å². The Morgan fingerprint density at radius 2 is 1.04 bits per heavy atom. The van der Waals surface area contributed by atoms with Crippen LogP contribution in [0.25, 0.3) is 0 Å². The molecular weight excluding hydrogens is 418 g/mol. The smallest absolute Gasteiger partial charge is 0.862 e. The molecule has 2 aliphatic heterocycles. The van der Waals surface area contributed by atoms with Crippen LogP contribution in [0.1, 0.15) is 11.1 Å². The first-order valence-electron chi connectivity index (χ1n) is 7.77. The summed E-state index contributed by atoms with van der Waals surface area (Å²) in [5.41, 5.74) is 1.56. The van der Waals surface area contributed by atoms with Gasteiger partial charge in [-0.05, 0) is 47.2 Å². The molecule has 136 valence electrons. The second kappa shape index (κ2) is 12.5. The number of fused-ring (bicyclic) bond motifs is 2. The van der Waals surface area contributed by atoms with Crippen LogP contribution in [0, 0.1) is 10.8 Å². The second-order valence-corrected chi connectivity index (χ2v) is 5.58. The van der Waals surface area contributed by atoms with Crippen molar-refractivity contribution in [3.05, 3.63) is 47.5 Å². The van der Waals surface area contributed by atoms with Crippen LogP contribution in [-0.4, -0.2) is 25.4 Å². The van der Waals surface area contributed by atoms with Crippen LogP contribution in [0.5, 0.6) is 23.0 Å². The first-order valence-corrected chi connectivity index (χ1v) is 7.77. The van der Waals surface area contributed by atoms with Gasteiger partial charge in [0.25, 0.3) is 0 Å². The molecule has 0 saturated heterocycles. The summed E-state index contributed by atoms with van der Waals surface area (Å²) in [6.07, 6.45) is 0.243. The fraction of sp³-hybridized carbons (Fsp3) is 0.222. The standard InChI is InChI=1S/2C9H9NO3.2K/c2*10-9(11)4-6-1-2-7-8(3-6)13-5-12-7;;/h2*1-3H,4-5H2,(H2,10,11);;/q;;2*+1/p-2. The van der Waals surface area contributed by atoms with Crippen molar-refractivity contribution in [3.8, 4) is 23.0 Å². The molecule has 4 rings (SSSR count). The van der Waals surface area contributed by atoms with Crippen LogP contribution in [0.2, 0.25) is 0 Å². The van der Waals surface area contributed by atoms with E-state index in [4.69, 9.17) is 29.8 Å². The van der Waals surface area contributed by atoms with Gasteiger partial charge in [-0.3, -0.25) is 0 Å². The zero-order chi connectivity index (χ0) is 18.5. The summed E-state index contributed by atoms with van der Waals surface area (Å²) in [4.78, 5) is 0. The fourth-order valence-corrected chi connectivity index (χ4v) is 2.47. The molecule has 2 aromatic rings. The van der Waals surface area contributed by atoms with E-state index in [1.54, 1.807) is 36.4 Å². The van der Waals surface area contributed by atoms with Crippen molar-refractivity contribution in [2.24, 2.45) is 0 Å². The molecule has 0 aromatic heterocycles. The Morgan fingerprint density at radius 3 is 1.39 bits per heavy atom. The van der Waals surface area contributed by atoms with E-state index in [0.29, 0.717) is 23.0 Å². The number of hydrogen-bond donors (Lipinski definition) is 2. The van der Waals surface area contributed by atoms with Crippen molar-refractivity contribution >= 4 is 11.8 Å². The SMILES string of the molecule is N=C([O-])Cc1ccc2c(c1)OCO2.N=C([O-])Cc1ccc2c(c1)OCO2.[K+].[K+]. The van der Waals surface area contributed by atoms with E-state index < -0.39 is 11.8 Å². The van der Waals surface area contributed by atoms with Crippen molar-refractivity contribution in [2.45, 2.75) is 12.8 Å². The maximum absolute atomic E-state index is 10.5. The minimum atomic E-state index is -0.598. The molecule has 0 aliphatic carbocycles. The van der Waals surface area contributed by atoms with Gasteiger partial charge in [0.2, 0.25) is 13.6 Å². The van der Waals surface area contributed by atoms with Gasteiger partial charge in [-0.2, -0.15) is 0 Å². The van der Waals surface area contributed by atoms with Gasteiger partial charge in [0, 0.05) is 12.8 Å². The topological polar surface area (TPSA) is 131 Å². The van der Waals surface area contributed by atoms with Crippen LogP contribution in [0.4, 0.5) is 0 Å². The van der Waals surface area contributed by atoms with Crippen molar-refractivity contribution < 1.29 is 132 Å². The zero-order valence-electron chi connectivity index (χ0n) is 15.7. The number of ether oxygens (including phenoxy) is 4. The third kappa shape index (κ3) is 7.59. The molecule has 0 saturated carbocycles. The number of hydrogen-bond acceptors (Lipinski definition) is 8. The summed E-state index contributed by atoms with van der Waals surface area (Å²) in [5.74, 6) is 1.50. The van der Waals surface area contributed by atoms with Crippen molar-refractivity contribution in [1.82, 2.24) is 0 Å². The third-order valence-corrected chi connectivity index (χ3v) is 3.60. The quantitative estimate of drug-likeness (QED) is 0.281. The first kappa shape index (κ1) is 25.9. The van der Waals surface area contributed by atoms with Gasteiger partial charge in [-0.15, -0.1) is 0 Å². The molecule has 8 nitrogen and oxygen atoms in total. The molecular formula is C18H16K2N2O6. The van der Waals surface area contributed by atoms with E-state index in [9.17, 15) is 10.2 Å². The largest absolute Gasteiger partial charge is 1.00 e. The molecule has 0 fully saturated rings. The molecule has 0 unspecified atom stereocenters. The minimum Gasteiger partial charge on any atom is -0.862 e. The van der Waals surface area contributed by atoms with Crippen LogP contribution in [-0.2, 0) is 12.8 Å². The van der Waals surface area contributed by atoms with Crippen LogP contribution in [0.15, 0.2) is 36.4 Å². The summed E-state index contributed by atoms with van der Waals surface area (Å²) in [5, 5.41) is 34.6. The average Bonchev–Trinajstić information content (AvgIpc) is 3.22. The maximum Gasteiger partial charge on any atom is 1.00 e. The molecule has 0 amide bonds. The van der Waals surface area contributed by atoms with Crippen LogP contribution in [0.3, 0.4) is 0 Å². The van der Waals surface area contributed by atoms with Crippen LogP contribution < -0.4 is 132 Å². The van der Waals surface area contributed by atoms with Crippen LogP contribution >= 0.6 is 0 Å². The van der Waals surface area contributed by atoms with Gasteiger partial charge < -0.3 is 40.0 Å². The molecule has 0 atom stereocenters. The Hall–Kier alpha value is -0.147. The van der Waals surface area contributed by atoms with Gasteiger partial charge >= 0.3 is 103 Å². The predicted molar refractivity (Wildman–Crippen MR) is 88.0 cm³/mol. The molecule has 2 aromatic carbocycles. The Labute approximate surface area is 247 Å². The molecule has 28 heavy (non-hydrogen) atoms. The number of rotatable bonds is 4. The minimum absolute atomic E-state index is 0. The number of nitrogens with one attached hydrogen (secondary N) is 2. The number of benzene rings is 2. The fourth-order valence-electron chi connectivity index (χ4n) is 2.47. The Balaban J connectivity index is 0.000000261. The molecule has 2 aliphatic rings. The summed E-state index contributed by atoms with van der Waals surface area (Å²) in [6, 6.07) is 10.5. The predicted octanol–water partition coefficient (Wildman–Crippen LogP) is -5.40. The van der Waals surface area contributed by atoms with Gasteiger partial charge in [0.1, 0.15) is 0 Å². The van der Waals surface area contributed by atoms with Crippen molar-refractivity contribution in [2.75, 3.05) is 13.6 Å². The van der Waals surface area contributed by atoms with E-state index in [1.165, 1.54) is 0 Å². The molecule has 10 heteroatoms. The van der Waals surface area contributed by atoms with E-state index >= 15 is 0 Å². The third-order valence-electron chi connectivity index (χ3n) is 3.60. The Bertz CT molecular complexity index is 777. The van der Waals surface area contributed by atoms with E-state index in [2.05, 4.69) is 0 Å². The summed E-state index contributed by atoms with van der Waals surface area (Å²) < 4.78 is 20.5. The monoisotopic (exact) mass is 434 g/mol.